The average molecular weight is 320 g/mol. The van der Waals surface area contributed by atoms with E-state index in [0.717, 1.165) is 19.3 Å². The summed E-state index contributed by atoms with van der Waals surface area (Å²) in [4.78, 5) is 0. The van der Waals surface area contributed by atoms with Crippen molar-refractivity contribution in [3.05, 3.63) is 0 Å². The molecular formula is C14H28N2O4S. The van der Waals surface area contributed by atoms with Gasteiger partial charge in [0.05, 0.1) is 25.9 Å². The molecule has 0 aliphatic carbocycles. The number of nitrogens with zero attached hydrogens (tertiary/aromatic N) is 2. The summed E-state index contributed by atoms with van der Waals surface area (Å²) < 4.78 is 39.3. The van der Waals surface area contributed by atoms with Crippen LogP contribution in [-0.2, 0) is 19.7 Å². The maximum atomic E-state index is 12.6. The van der Waals surface area contributed by atoms with Gasteiger partial charge in [0.15, 0.2) is 0 Å². The van der Waals surface area contributed by atoms with Gasteiger partial charge in [0.1, 0.15) is 0 Å². The summed E-state index contributed by atoms with van der Waals surface area (Å²) in [7, 11) is -3.35. The van der Waals surface area contributed by atoms with Crippen LogP contribution in [0.3, 0.4) is 0 Å². The zero-order valence-electron chi connectivity index (χ0n) is 13.2. The van der Waals surface area contributed by atoms with Gasteiger partial charge in [-0.1, -0.05) is 26.7 Å². The Kier molecular flexibility index (Phi) is 6.43. The van der Waals surface area contributed by atoms with Crippen LogP contribution in [0, 0.1) is 5.92 Å². The Labute approximate surface area is 128 Å². The molecule has 0 aromatic rings. The lowest BCUT2D eigenvalue weighted by Crippen LogP contribution is -2.53. The minimum absolute atomic E-state index is 0.0355. The molecule has 2 heterocycles. The van der Waals surface area contributed by atoms with Gasteiger partial charge < -0.3 is 9.47 Å². The van der Waals surface area contributed by atoms with Crippen molar-refractivity contribution < 1.29 is 17.9 Å². The van der Waals surface area contributed by atoms with Crippen LogP contribution in [0.25, 0.3) is 0 Å². The number of ether oxygens (including phenoxy) is 2. The Morgan fingerprint density at radius 3 is 2.43 bits per heavy atom. The van der Waals surface area contributed by atoms with Crippen molar-refractivity contribution in [1.82, 2.24) is 8.61 Å². The first-order chi connectivity index (χ1) is 10.00. The maximum Gasteiger partial charge on any atom is 0.282 e. The molecule has 0 unspecified atom stereocenters. The summed E-state index contributed by atoms with van der Waals surface area (Å²) in [6.45, 7) is 7.74. The first-order valence-electron chi connectivity index (χ1n) is 7.94. The lowest BCUT2D eigenvalue weighted by atomic mass is 10.0. The van der Waals surface area contributed by atoms with Crippen LogP contribution in [-0.4, -0.2) is 69.1 Å². The van der Waals surface area contributed by atoms with Gasteiger partial charge in [0.2, 0.25) is 0 Å². The fraction of sp³-hybridized carbons (Fsp3) is 1.00. The molecule has 21 heavy (non-hydrogen) atoms. The number of hydrogen-bond acceptors (Lipinski definition) is 4. The smallest absolute Gasteiger partial charge is 0.282 e. The normalized spacial score (nSPS) is 26.3. The van der Waals surface area contributed by atoms with E-state index in [1.54, 1.807) is 4.31 Å². The quantitative estimate of drug-likeness (QED) is 0.735. The summed E-state index contributed by atoms with van der Waals surface area (Å²) in [5.41, 5.74) is 0. The molecule has 2 fully saturated rings. The van der Waals surface area contributed by atoms with Crippen molar-refractivity contribution in [3.8, 4) is 0 Å². The highest BCUT2D eigenvalue weighted by Gasteiger charge is 2.34. The Hall–Kier alpha value is -0.210. The van der Waals surface area contributed by atoms with E-state index in [2.05, 4.69) is 13.8 Å². The van der Waals surface area contributed by atoms with E-state index in [1.807, 2.05) is 0 Å². The second-order valence-electron chi connectivity index (χ2n) is 6.19. The van der Waals surface area contributed by atoms with Gasteiger partial charge in [-0.3, -0.25) is 0 Å². The van der Waals surface area contributed by atoms with E-state index in [1.165, 1.54) is 4.31 Å². The van der Waals surface area contributed by atoms with E-state index in [9.17, 15) is 8.42 Å². The van der Waals surface area contributed by atoms with Crippen molar-refractivity contribution >= 4 is 10.2 Å². The molecule has 0 spiro atoms. The molecule has 6 nitrogen and oxygen atoms in total. The van der Waals surface area contributed by atoms with Gasteiger partial charge >= 0.3 is 0 Å². The van der Waals surface area contributed by atoms with Crippen molar-refractivity contribution in [1.29, 1.82) is 0 Å². The second kappa shape index (κ2) is 7.87. The topological polar surface area (TPSA) is 59.1 Å². The predicted molar refractivity (Wildman–Crippen MR) is 81.3 cm³/mol. The second-order valence-corrected chi connectivity index (χ2v) is 8.12. The van der Waals surface area contributed by atoms with Crippen molar-refractivity contribution in [2.45, 2.75) is 39.2 Å². The van der Waals surface area contributed by atoms with E-state index < -0.39 is 10.2 Å². The van der Waals surface area contributed by atoms with Gasteiger partial charge in [-0.05, 0) is 12.3 Å². The lowest BCUT2D eigenvalue weighted by Gasteiger charge is -2.36. The molecule has 1 atom stereocenters. The van der Waals surface area contributed by atoms with Crippen LogP contribution in [0.1, 0.15) is 33.1 Å². The zero-order valence-corrected chi connectivity index (χ0v) is 14.0. The highest BCUT2D eigenvalue weighted by Crippen LogP contribution is 2.19. The maximum absolute atomic E-state index is 12.6. The van der Waals surface area contributed by atoms with Crippen molar-refractivity contribution in [2.75, 3.05) is 46.0 Å². The molecule has 0 aromatic heterocycles. The van der Waals surface area contributed by atoms with Gasteiger partial charge in [0, 0.05) is 26.2 Å². The largest absolute Gasteiger partial charge is 0.379 e. The Bertz CT molecular complexity index is 407. The third kappa shape index (κ3) is 4.89. The first-order valence-corrected chi connectivity index (χ1v) is 9.34. The monoisotopic (exact) mass is 320 g/mol. The van der Waals surface area contributed by atoms with Gasteiger partial charge in [-0.25, -0.2) is 0 Å². The molecule has 7 heteroatoms. The molecule has 0 aromatic carbocycles. The number of hydrogen-bond donors (Lipinski definition) is 0. The van der Waals surface area contributed by atoms with Crippen LogP contribution in [0.5, 0.6) is 0 Å². The minimum atomic E-state index is -3.35. The van der Waals surface area contributed by atoms with Crippen LogP contribution >= 0.6 is 0 Å². The van der Waals surface area contributed by atoms with Crippen LogP contribution in [0.4, 0.5) is 0 Å². The highest BCUT2D eigenvalue weighted by atomic mass is 32.2. The fourth-order valence-corrected chi connectivity index (χ4v) is 4.37. The summed E-state index contributed by atoms with van der Waals surface area (Å²) in [5.74, 6) is 0.682. The number of morpholine rings is 2. The summed E-state index contributed by atoms with van der Waals surface area (Å²) in [6.07, 6.45) is 3.23. The van der Waals surface area contributed by atoms with E-state index >= 15 is 0 Å². The first kappa shape index (κ1) is 17.1. The van der Waals surface area contributed by atoms with E-state index in [0.29, 0.717) is 51.9 Å². The van der Waals surface area contributed by atoms with Gasteiger partial charge in [-0.2, -0.15) is 17.0 Å². The Balaban J connectivity index is 1.87. The van der Waals surface area contributed by atoms with Gasteiger partial charge in [0.25, 0.3) is 10.2 Å². The molecule has 2 aliphatic rings. The molecule has 124 valence electrons. The highest BCUT2D eigenvalue weighted by molar-refractivity contribution is 7.86. The average Bonchev–Trinajstić information content (AvgIpc) is 2.48. The van der Waals surface area contributed by atoms with Crippen LogP contribution < -0.4 is 0 Å². The molecule has 2 rings (SSSR count). The van der Waals surface area contributed by atoms with Crippen molar-refractivity contribution in [3.63, 3.8) is 0 Å². The van der Waals surface area contributed by atoms with E-state index in [-0.39, 0.29) is 6.10 Å². The lowest BCUT2D eigenvalue weighted by molar-refractivity contribution is -0.0104. The summed E-state index contributed by atoms with van der Waals surface area (Å²) in [5, 5.41) is 0. The zero-order chi connectivity index (χ0) is 15.3. The fourth-order valence-electron chi connectivity index (χ4n) is 2.77. The minimum Gasteiger partial charge on any atom is -0.379 e. The molecule has 0 N–H and O–H groups in total. The number of rotatable bonds is 6. The molecule has 2 saturated heterocycles. The third-order valence-corrected chi connectivity index (χ3v) is 6.03. The Morgan fingerprint density at radius 2 is 1.76 bits per heavy atom. The third-order valence-electron chi connectivity index (χ3n) is 4.03. The summed E-state index contributed by atoms with van der Waals surface area (Å²) >= 11 is 0. The molecular weight excluding hydrogens is 292 g/mol. The molecule has 0 radical (unpaired) electrons. The predicted octanol–water partition coefficient (Wildman–Crippen LogP) is 1.09. The molecule has 0 saturated carbocycles. The van der Waals surface area contributed by atoms with Crippen LogP contribution in [0.15, 0.2) is 0 Å². The SMILES string of the molecule is CC(C)CCC[C@H]1CN(S(=O)(=O)N2CCOCC2)CCO1. The van der Waals surface area contributed by atoms with Gasteiger partial charge in [-0.15, -0.1) is 0 Å². The van der Waals surface area contributed by atoms with Crippen molar-refractivity contribution in [2.24, 2.45) is 5.92 Å². The molecule has 0 amide bonds. The molecule has 0 bridgehead atoms. The Morgan fingerprint density at radius 1 is 1.10 bits per heavy atom. The summed E-state index contributed by atoms with van der Waals surface area (Å²) in [6, 6.07) is 0. The van der Waals surface area contributed by atoms with Crippen LogP contribution in [0.2, 0.25) is 0 Å². The molecule has 2 aliphatic heterocycles. The van der Waals surface area contributed by atoms with E-state index in [4.69, 9.17) is 9.47 Å². The standard InChI is InChI=1S/C14H28N2O4S/c1-13(2)4-3-5-14-12-16(8-11-20-14)21(17,18)15-6-9-19-10-7-15/h13-14H,3-12H2,1-2H3/t14-/m0/s1.